The molecule has 0 aromatic rings. The van der Waals surface area contributed by atoms with Crippen LogP contribution in [0.15, 0.2) is 24.3 Å². The summed E-state index contributed by atoms with van der Waals surface area (Å²) in [5, 5.41) is 9.93. The molecule has 0 amide bonds. The van der Waals surface area contributed by atoms with Gasteiger partial charge in [-0.2, -0.15) is 0 Å². The van der Waals surface area contributed by atoms with Crippen molar-refractivity contribution >= 4 is 17.7 Å². The van der Waals surface area contributed by atoms with Crippen molar-refractivity contribution in [2.24, 2.45) is 5.92 Å². The number of rotatable bonds is 28. The minimum Gasteiger partial charge on any atom is -0.463 e. The highest BCUT2D eigenvalue weighted by atomic mass is 16.6. The van der Waals surface area contributed by atoms with E-state index in [1.165, 1.54) is 32.1 Å². The molecule has 0 aromatic carbocycles. The Morgan fingerprint density at radius 2 is 1.20 bits per heavy atom. The highest BCUT2D eigenvalue weighted by Crippen LogP contribution is 2.14. The van der Waals surface area contributed by atoms with Crippen molar-refractivity contribution in [3.05, 3.63) is 24.3 Å². The largest absolute Gasteiger partial charge is 0.463 e. The molecule has 0 aliphatic rings. The van der Waals surface area contributed by atoms with Gasteiger partial charge in [-0.3, -0.25) is 14.4 Å². The topological polar surface area (TPSA) is 89.9 Å². The summed E-state index contributed by atoms with van der Waals surface area (Å²) < 4.78 is 10.2. The fourth-order valence-electron chi connectivity index (χ4n) is 4.28. The smallest absolute Gasteiger partial charge is 0.305 e. The first-order valence-corrected chi connectivity index (χ1v) is 16.2. The third-order valence-electron chi connectivity index (χ3n) is 7.21. The van der Waals surface area contributed by atoms with Gasteiger partial charge in [0, 0.05) is 19.3 Å². The summed E-state index contributed by atoms with van der Waals surface area (Å²) in [5.41, 5.74) is 0. The van der Waals surface area contributed by atoms with Crippen LogP contribution in [0.25, 0.3) is 0 Å². The van der Waals surface area contributed by atoms with Gasteiger partial charge < -0.3 is 14.6 Å². The Labute approximate surface area is 245 Å². The molecule has 232 valence electrons. The molecular weight excluding hydrogens is 504 g/mol. The molecular formula is C34H60O6. The quantitative estimate of drug-likeness (QED) is 0.0443. The van der Waals surface area contributed by atoms with E-state index in [9.17, 15) is 19.5 Å². The lowest BCUT2D eigenvalue weighted by Crippen LogP contribution is -2.25. The Morgan fingerprint density at radius 3 is 1.77 bits per heavy atom. The molecule has 0 aromatic heterocycles. The van der Waals surface area contributed by atoms with Gasteiger partial charge in [-0.25, -0.2) is 0 Å². The van der Waals surface area contributed by atoms with Gasteiger partial charge in [0.25, 0.3) is 0 Å². The highest BCUT2D eigenvalue weighted by Gasteiger charge is 2.12. The third-order valence-corrected chi connectivity index (χ3v) is 7.21. The van der Waals surface area contributed by atoms with Crippen molar-refractivity contribution in [3.63, 3.8) is 0 Å². The van der Waals surface area contributed by atoms with E-state index >= 15 is 0 Å². The summed E-state index contributed by atoms with van der Waals surface area (Å²) in [6, 6.07) is 0. The number of ketones is 1. The van der Waals surface area contributed by atoms with Crippen molar-refractivity contribution in [2.75, 3.05) is 13.2 Å². The lowest BCUT2D eigenvalue weighted by atomic mass is 10.00. The van der Waals surface area contributed by atoms with Crippen LogP contribution in [0.2, 0.25) is 0 Å². The molecule has 0 bridgehead atoms. The first kappa shape index (κ1) is 38.0. The first-order valence-electron chi connectivity index (χ1n) is 16.2. The highest BCUT2D eigenvalue weighted by molar-refractivity contribution is 5.89. The summed E-state index contributed by atoms with van der Waals surface area (Å²) in [6.07, 6.45) is 26.4. The molecule has 6 nitrogen and oxygen atoms in total. The van der Waals surface area contributed by atoms with E-state index in [1.807, 2.05) is 12.2 Å². The average Bonchev–Trinajstić information content (AvgIpc) is 2.94. The number of ether oxygens (including phenoxy) is 2. The zero-order chi connectivity index (χ0) is 29.7. The fraction of sp³-hybridized carbons (Fsp3) is 0.794. The molecule has 0 saturated heterocycles. The summed E-state index contributed by atoms with van der Waals surface area (Å²) in [5.74, 6) is 0.390. The number of hydrogen-bond donors (Lipinski definition) is 1. The molecule has 0 fully saturated rings. The normalized spacial score (nSPS) is 13.1. The van der Waals surface area contributed by atoms with Crippen LogP contribution in [0.5, 0.6) is 0 Å². The second-order valence-corrected chi connectivity index (χ2v) is 11.2. The molecule has 6 heteroatoms. The lowest BCUT2D eigenvalue weighted by Gasteiger charge is -2.12. The van der Waals surface area contributed by atoms with Gasteiger partial charge in [-0.1, -0.05) is 116 Å². The summed E-state index contributed by atoms with van der Waals surface area (Å²) >= 11 is 0. The van der Waals surface area contributed by atoms with Crippen LogP contribution < -0.4 is 0 Å². The van der Waals surface area contributed by atoms with Crippen molar-refractivity contribution < 1.29 is 29.0 Å². The van der Waals surface area contributed by atoms with Crippen molar-refractivity contribution in [1.29, 1.82) is 0 Å². The Kier molecular flexibility index (Phi) is 27.2. The average molecular weight is 565 g/mol. The summed E-state index contributed by atoms with van der Waals surface area (Å²) in [4.78, 5) is 35.4. The predicted molar refractivity (Wildman–Crippen MR) is 164 cm³/mol. The zero-order valence-corrected chi connectivity index (χ0v) is 26.0. The maximum atomic E-state index is 11.9. The summed E-state index contributed by atoms with van der Waals surface area (Å²) in [7, 11) is 0. The minimum atomic E-state index is -0.986. The van der Waals surface area contributed by atoms with E-state index in [-0.39, 0.29) is 30.9 Å². The number of unbranched alkanes of at least 4 members (excludes halogenated alkanes) is 12. The van der Waals surface area contributed by atoms with E-state index in [1.54, 1.807) is 6.08 Å². The van der Waals surface area contributed by atoms with Gasteiger partial charge in [-0.05, 0) is 44.1 Å². The number of carbonyl (C=O) groups excluding carboxylic acids is 3. The molecule has 0 radical (unpaired) electrons. The summed E-state index contributed by atoms with van der Waals surface area (Å²) in [6.45, 7) is 6.39. The molecule has 0 aliphatic heterocycles. The van der Waals surface area contributed by atoms with Crippen LogP contribution in [-0.4, -0.2) is 42.1 Å². The maximum Gasteiger partial charge on any atom is 0.305 e. The van der Waals surface area contributed by atoms with Crippen LogP contribution >= 0.6 is 0 Å². The van der Waals surface area contributed by atoms with Crippen LogP contribution in [0, 0.1) is 5.92 Å². The Morgan fingerprint density at radius 1 is 0.675 bits per heavy atom. The van der Waals surface area contributed by atoms with Crippen LogP contribution in [-0.2, 0) is 23.9 Å². The molecule has 0 saturated carbocycles. The molecule has 0 rings (SSSR count). The number of esters is 2. The Balaban J connectivity index is 3.56. The number of carbonyl (C=O) groups is 3. The van der Waals surface area contributed by atoms with E-state index in [4.69, 9.17) is 9.47 Å². The Bertz CT molecular complexity index is 684. The molecule has 1 unspecified atom stereocenters. The molecule has 1 N–H and O–H groups in total. The van der Waals surface area contributed by atoms with E-state index in [0.29, 0.717) is 19.3 Å². The molecule has 0 aliphatic carbocycles. The fourth-order valence-corrected chi connectivity index (χ4v) is 4.28. The molecule has 0 heterocycles. The van der Waals surface area contributed by atoms with Crippen LogP contribution in [0.3, 0.4) is 0 Å². The maximum absolute atomic E-state index is 11.9. The van der Waals surface area contributed by atoms with Gasteiger partial charge in [0.05, 0.1) is 0 Å². The van der Waals surface area contributed by atoms with Gasteiger partial charge in [0.1, 0.15) is 19.3 Å². The second kappa shape index (κ2) is 28.6. The number of hydrogen-bond acceptors (Lipinski definition) is 6. The van der Waals surface area contributed by atoms with E-state index in [0.717, 1.165) is 83.0 Å². The molecule has 2 atom stereocenters. The zero-order valence-electron chi connectivity index (χ0n) is 26.0. The monoisotopic (exact) mass is 564 g/mol. The van der Waals surface area contributed by atoms with Gasteiger partial charge in [-0.15, -0.1) is 0 Å². The minimum absolute atomic E-state index is 0.138. The number of aliphatic hydroxyl groups excluding tert-OH is 1. The molecule has 40 heavy (non-hydrogen) atoms. The number of allylic oxidation sites excluding steroid dienone is 4. The Hall–Kier alpha value is -1.95. The van der Waals surface area contributed by atoms with Gasteiger partial charge in [0.2, 0.25) is 0 Å². The standard InChI is InChI=1S/C34H60O6/c1-4-6-18-24-31(35)25-20-15-10-8-7-9-11-16-21-26-33(37)39-28-32(36)29-40-34(38)27-22-17-13-12-14-19-23-30(3)5-2/h10,15,20,25,30,32,36H,4-9,11-14,16-19,21-24,26-29H2,1-3H3/b15-10-,25-20+/t30?,32-/m1/s1. The predicted octanol–water partition coefficient (Wildman–Crippen LogP) is 8.59. The third kappa shape index (κ3) is 27.6. The van der Waals surface area contributed by atoms with Crippen molar-refractivity contribution in [3.8, 4) is 0 Å². The van der Waals surface area contributed by atoms with Gasteiger partial charge in [0.15, 0.2) is 5.78 Å². The van der Waals surface area contributed by atoms with Crippen molar-refractivity contribution in [1.82, 2.24) is 0 Å². The van der Waals surface area contributed by atoms with Crippen molar-refractivity contribution in [2.45, 2.75) is 155 Å². The van der Waals surface area contributed by atoms with Gasteiger partial charge >= 0.3 is 11.9 Å². The van der Waals surface area contributed by atoms with Crippen LogP contribution in [0.1, 0.15) is 149 Å². The lowest BCUT2D eigenvalue weighted by molar-refractivity contribution is -0.152. The number of aliphatic hydroxyl groups is 1. The van der Waals surface area contributed by atoms with Crippen LogP contribution in [0.4, 0.5) is 0 Å². The SMILES string of the molecule is CCCCCC(=O)/C=C/C=C\CCCCCCCC(=O)OC[C@@H](O)COC(=O)CCCCCCCCC(C)CC. The first-order chi connectivity index (χ1) is 19.4. The second-order valence-electron chi connectivity index (χ2n) is 11.2. The molecule has 0 spiro atoms. The van der Waals surface area contributed by atoms with E-state index < -0.39 is 6.10 Å². The van der Waals surface area contributed by atoms with E-state index in [2.05, 4.69) is 26.8 Å².